The molecule has 0 spiro atoms. The Balaban J connectivity index is 2.11. The molecule has 2 aromatic carbocycles. The van der Waals surface area contributed by atoms with Crippen molar-refractivity contribution in [2.45, 2.75) is 19.9 Å². The number of aromatic nitrogens is 2. The van der Waals surface area contributed by atoms with Crippen molar-refractivity contribution in [2.75, 3.05) is 11.9 Å². The van der Waals surface area contributed by atoms with Gasteiger partial charge in [0.2, 0.25) is 0 Å². The molecule has 0 fully saturated rings. The zero-order valence-corrected chi connectivity index (χ0v) is 14.6. The summed E-state index contributed by atoms with van der Waals surface area (Å²) >= 11 is 0. The predicted molar refractivity (Wildman–Crippen MR) is 100 cm³/mol. The number of aromatic hydroxyl groups is 1. The van der Waals surface area contributed by atoms with Crippen LogP contribution in [0.15, 0.2) is 42.5 Å². The van der Waals surface area contributed by atoms with Gasteiger partial charge < -0.3 is 20.9 Å². The standard InChI is InChI=1S/C19H20N4O3/c1-11(20)10-21-18-14-5-3-4-6-16(14)22-19(23-18)15-9-13(26-12(2)24)7-8-17(15)25/h3-9,11,25H,10,20H2,1-2H3,(H,21,22,23). The maximum atomic E-state index is 11.2. The van der Waals surface area contributed by atoms with Crippen LogP contribution < -0.4 is 15.8 Å². The quantitative estimate of drug-likeness (QED) is 0.478. The van der Waals surface area contributed by atoms with Gasteiger partial charge in [0.1, 0.15) is 17.3 Å². The Bertz CT molecular complexity index is 957. The van der Waals surface area contributed by atoms with Gasteiger partial charge in [-0.25, -0.2) is 9.97 Å². The molecule has 0 aliphatic rings. The molecular formula is C19H20N4O3. The third kappa shape index (κ3) is 3.89. The van der Waals surface area contributed by atoms with Crippen molar-refractivity contribution in [3.05, 3.63) is 42.5 Å². The van der Waals surface area contributed by atoms with Crippen LogP contribution in [0.25, 0.3) is 22.3 Å². The van der Waals surface area contributed by atoms with Crippen LogP contribution >= 0.6 is 0 Å². The SMILES string of the molecule is CC(=O)Oc1ccc(O)c(-c2nc(NCC(C)N)c3ccccc3n2)c1. The summed E-state index contributed by atoms with van der Waals surface area (Å²) in [5, 5.41) is 14.3. The molecule has 3 rings (SSSR count). The zero-order chi connectivity index (χ0) is 18.7. The number of carbonyl (C=O) groups is 1. The van der Waals surface area contributed by atoms with Gasteiger partial charge in [-0.05, 0) is 37.3 Å². The number of nitrogens with two attached hydrogens (primary N) is 1. The fourth-order valence-electron chi connectivity index (χ4n) is 2.51. The van der Waals surface area contributed by atoms with Gasteiger partial charge in [-0.2, -0.15) is 0 Å². The van der Waals surface area contributed by atoms with E-state index in [4.69, 9.17) is 10.5 Å². The van der Waals surface area contributed by atoms with E-state index in [9.17, 15) is 9.90 Å². The van der Waals surface area contributed by atoms with Crippen LogP contribution in [-0.4, -0.2) is 33.6 Å². The minimum Gasteiger partial charge on any atom is -0.507 e. The summed E-state index contributed by atoms with van der Waals surface area (Å²) in [6.45, 7) is 3.75. The average Bonchev–Trinajstić information content (AvgIpc) is 2.60. The van der Waals surface area contributed by atoms with Crippen molar-refractivity contribution in [1.29, 1.82) is 0 Å². The van der Waals surface area contributed by atoms with E-state index >= 15 is 0 Å². The third-order valence-electron chi connectivity index (χ3n) is 3.67. The largest absolute Gasteiger partial charge is 0.507 e. The van der Waals surface area contributed by atoms with Gasteiger partial charge >= 0.3 is 5.97 Å². The van der Waals surface area contributed by atoms with Gasteiger partial charge in [0.05, 0.1) is 11.1 Å². The van der Waals surface area contributed by atoms with Crippen molar-refractivity contribution in [3.8, 4) is 22.9 Å². The minimum atomic E-state index is -0.444. The molecule has 0 aliphatic carbocycles. The third-order valence-corrected chi connectivity index (χ3v) is 3.67. The first-order valence-electron chi connectivity index (χ1n) is 8.22. The number of anilines is 1. The fourth-order valence-corrected chi connectivity index (χ4v) is 2.51. The van der Waals surface area contributed by atoms with Crippen molar-refractivity contribution < 1.29 is 14.6 Å². The summed E-state index contributed by atoms with van der Waals surface area (Å²) in [6, 6.07) is 12.0. The van der Waals surface area contributed by atoms with Gasteiger partial charge in [0.15, 0.2) is 5.82 Å². The van der Waals surface area contributed by atoms with E-state index in [0.29, 0.717) is 29.5 Å². The van der Waals surface area contributed by atoms with Crippen LogP contribution in [0.1, 0.15) is 13.8 Å². The van der Waals surface area contributed by atoms with E-state index in [2.05, 4.69) is 15.3 Å². The smallest absolute Gasteiger partial charge is 0.308 e. The second-order valence-corrected chi connectivity index (χ2v) is 6.04. The fraction of sp³-hybridized carbons (Fsp3) is 0.211. The van der Waals surface area contributed by atoms with Gasteiger partial charge in [-0.3, -0.25) is 4.79 Å². The topological polar surface area (TPSA) is 110 Å². The van der Waals surface area contributed by atoms with Crippen LogP contribution in [0, 0.1) is 0 Å². The number of hydrogen-bond acceptors (Lipinski definition) is 7. The van der Waals surface area contributed by atoms with Gasteiger partial charge in [0.25, 0.3) is 0 Å². The number of fused-ring (bicyclic) bond motifs is 1. The first-order valence-corrected chi connectivity index (χ1v) is 8.22. The lowest BCUT2D eigenvalue weighted by Gasteiger charge is -2.13. The summed E-state index contributed by atoms with van der Waals surface area (Å²) < 4.78 is 5.09. The van der Waals surface area contributed by atoms with Gasteiger partial charge in [-0.1, -0.05) is 12.1 Å². The Morgan fingerprint density at radius 1 is 1.27 bits per heavy atom. The van der Waals surface area contributed by atoms with Crippen LogP contribution in [0.4, 0.5) is 5.82 Å². The Morgan fingerprint density at radius 3 is 2.77 bits per heavy atom. The first kappa shape index (κ1) is 17.6. The van der Waals surface area contributed by atoms with Crippen LogP contribution in [-0.2, 0) is 4.79 Å². The second kappa shape index (κ2) is 7.37. The number of phenolic OH excluding ortho intramolecular Hbond substituents is 1. The highest BCUT2D eigenvalue weighted by atomic mass is 16.5. The van der Waals surface area contributed by atoms with E-state index in [-0.39, 0.29) is 11.8 Å². The molecule has 7 heteroatoms. The molecule has 134 valence electrons. The number of carbonyl (C=O) groups excluding carboxylic acids is 1. The molecule has 4 N–H and O–H groups in total. The number of nitrogens with one attached hydrogen (secondary N) is 1. The molecule has 7 nitrogen and oxygen atoms in total. The second-order valence-electron chi connectivity index (χ2n) is 6.04. The van der Waals surface area contributed by atoms with Crippen molar-refractivity contribution in [3.63, 3.8) is 0 Å². The lowest BCUT2D eigenvalue weighted by molar-refractivity contribution is -0.131. The normalized spacial score (nSPS) is 12.0. The summed E-state index contributed by atoms with van der Waals surface area (Å²) in [5.74, 6) is 0.810. The summed E-state index contributed by atoms with van der Waals surface area (Å²) in [7, 11) is 0. The Morgan fingerprint density at radius 2 is 2.04 bits per heavy atom. The maximum Gasteiger partial charge on any atom is 0.308 e. The average molecular weight is 352 g/mol. The summed E-state index contributed by atoms with van der Waals surface area (Å²) in [4.78, 5) is 20.3. The molecule has 0 amide bonds. The van der Waals surface area contributed by atoms with Crippen molar-refractivity contribution >= 4 is 22.7 Å². The van der Waals surface area contributed by atoms with Crippen LogP contribution in [0.3, 0.4) is 0 Å². The number of esters is 1. The first-order chi connectivity index (χ1) is 12.4. The van der Waals surface area contributed by atoms with Crippen LogP contribution in [0.2, 0.25) is 0 Å². The van der Waals surface area contributed by atoms with Crippen molar-refractivity contribution in [2.24, 2.45) is 5.73 Å². The highest BCUT2D eigenvalue weighted by molar-refractivity contribution is 5.91. The molecule has 0 saturated heterocycles. The van der Waals surface area contributed by atoms with E-state index in [0.717, 1.165) is 10.9 Å². The number of benzene rings is 2. The van der Waals surface area contributed by atoms with E-state index in [1.54, 1.807) is 0 Å². The predicted octanol–water partition coefficient (Wildman–Crippen LogP) is 2.69. The van der Waals surface area contributed by atoms with E-state index < -0.39 is 5.97 Å². The lowest BCUT2D eigenvalue weighted by atomic mass is 10.1. The summed E-state index contributed by atoms with van der Waals surface area (Å²) in [5.41, 5.74) is 6.93. The van der Waals surface area contributed by atoms with Crippen molar-refractivity contribution in [1.82, 2.24) is 9.97 Å². The molecule has 0 saturated carbocycles. The highest BCUT2D eigenvalue weighted by Gasteiger charge is 2.14. The number of ether oxygens (including phenoxy) is 1. The van der Waals surface area contributed by atoms with E-state index in [1.807, 2.05) is 31.2 Å². The Labute approximate surface area is 150 Å². The molecule has 1 heterocycles. The maximum absolute atomic E-state index is 11.2. The van der Waals surface area contributed by atoms with E-state index in [1.165, 1.54) is 25.1 Å². The molecular weight excluding hydrogens is 332 g/mol. The Hall–Kier alpha value is -3.19. The summed E-state index contributed by atoms with van der Waals surface area (Å²) in [6.07, 6.45) is 0. The molecule has 1 aromatic heterocycles. The van der Waals surface area contributed by atoms with Gasteiger partial charge in [-0.15, -0.1) is 0 Å². The molecule has 1 unspecified atom stereocenters. The molecule has 1 atom stereocenters. The Kier molecular flexibility index (Phi) is 4.99. The zero-order valence-electron chi connectivity index (χ0n) is 14.6. The number of nitrogens with zero attached hydrogens (tertiary/aromatic N) is 2. The molecule has 26 heavy (non-hydrogen) atoms. The lowest BCUT2D eigenvalue weighted by Crippen LogP contribution is -2.25. The van der Waals surface area contributed by atoms with Gasteiger partial charge in [0, 0.05) is 24.9 Å². The highest BCUT2D eigenvalue weighted by Crippen LogP contribution is 2.33. The minimum absolute atomic E-state index is 0.00525. The molecule has 3 aromatic rings. The number of para-hydroxylation sites is 1. The van der Waals surface area contributed by atoms with Crippen LogP contribution in [0.5, 0.6) is 11.5 Å². The number of rotatable bonds is 5. The molecule has 0 radical (unpaired) electrons. The molecule has 0 aliphatic heterocycles. The monoisotopic (exact) mass is 352 g/mol. The number of hydrogen-bond donors (Lipinski definition) is 3. The molecule has 0 bridgehead atoms. The number of phenols is 1.